The van der Waals surface area contributed by atoms with E-state index >= 15 is 0 Å². The molecular formula is C10H18N2O5. The maximum atomic E-state index is 11.6. The maximum Gasteiger partial charge on any atom is 0.328 e. The van der Waals surface area contributed by atoms with Crippen molar-refractivity contribution in [3.63, 3.8) is 0 Å². The van der Waals surface area contributed by atoms with Crippen LogP contribution in [0.2, 0.25) is 0 Å². The molecule has 0 aliphatic carbocycles. The van der Waals surface area contributed by atoms with Crippen molar-refractivity contribution in [3.8, 4) is 0 Å². The Labute approximate surface area is 99.4 Å². The molecule has 0 aromatic rings. The highest BCUT2D eigenvalue weighted by Crippen LogP contribution is 2.12. The molecule has 0 aromatic heterocycles. The largest absolute Gasteiger partial charge is 0.480 e. The van der Waals surface area contributed by atoms with Crippen LogP contribution in [0.4, 0.5) is 4.79 Å². The third kappa shape index (κ3) is 4.20. The van der Waals surface area contributed by atoms with Gasteiger partial charge in [-0.1, -0.05) is 0 Å². The number of hydrogen-bond donors (Lipinski definition) is 3. The minimum absolute atomic E-state index is 0.0168. The van der Waals surface area contributed by atoms with E-state index in [4.69, 9.17) is 14.9 Å². The highest BCUT2D eigenvalue weighted by molar-refractivity contribution is 5.82. The second-order valence-corrected chi connectivity index (χ2v) is 4.04. The summed E-state index contributed by atoms with van der Waals surface area (Å²) < 4.78 is 5.37. The van der Waals surface area contributed by atoms with Gasteiger partial charge in [0.05, 0.1) is 12.7 Å². The van der Waals surface area contributed by atoms with Gasteiger partial charge in [0, 0.05) is 20.2 Å². The first-order valence-electron chi connectivity index (χ1n) is 5.51. The van der Waals surface area contributed by atoms with E-state index in [0.29, 0.717) is 13.2 Å². The zero-order chi connectivity index (χ0) is 12.8. The molecule has 0 saturated carbocycles. The summed E-state index contributed by atoms with van der Waals surface area (Å²) in [5, 5.41) is 19.7. The maximum absolute atomic E-state index is 11.6. The van der Waals surface area contributed by atoms with Crippen molar-refractivity contribution in [2.45, 2.75) is 25.0 Å². The van der Waals surface area contributed by atoms with E-state index in [0.717, 1.165) is 12.8 Å². The first-order valence-corrected chi connectivity index (χ1v) is 5.51. The van der Waals surface area contributed by atoms with Crippen molar-refractivity contribution in [2.75, 3.05) is 26.8 Å². The summed E-state index contributed by atoms with van der Waals surface area (Å²) in [6.45, 7) is 0.493. The van der Waals surface area contributed by atoms with E-state index in [-0.39, 0.29) is 6.10 Å². The predicted molar refractivity (Wildman–Crippen MR) is 58.6 cm³/mol. The van der Waals surface area contributed by atoms with E-state index in [2.05, 4.69) is 5.32 Å². The van der Waals surface area contributed by atoms with Crippen LogP contribution < -0.4 is 5.32 Å². The van der Waals surface area contributed by atoms with Crippen molar-refractivity contribution in [3.05, 3.63) is 0 Å². The topological polar surface area (TPSA) is 99.1 Å². The number of ether oxygens (including phenoxy) is 1. The zero-order valence-electron chi connectivity index (χ0n) is 9.76. The van der Waals surface area contributed by atoms with Crippen molar-refractivity contribution in [2.24, 2.45) is 0 Å². The van der Waals surface area contributed by atoms with E-state index in [9.17, 15) is 9.59 Å². The Kier molecular flexibility index (Phi) is 5.17. The standard InChI is InChI=1S/C10H18N2O5/c1-12(5-7-3-2-4-17-7)10(16)11-8(6-13)9(14)15/h7-8,13H,2-6H2,1H3,(H,11,16)(H,14,15)/t7?,8-/m0/s1. The normalized spacial score (nSPS) is 20.9. The molecule has 1 aliphatic heterocycles. The van der Waals surface area contributed by atoms with Crippen LogP contribution in [-0.2, 0) is 9.53 Å². The van der Waals surface area contributed by atoms with Crippen LogP contribution in [0.25, 0.3) is 0 Å². The van der Waals surface area contributed by atoms with E-state index in [1.54, 1.807) is 7.05 Å². The third-order valence-electron chi connectivity index (χ3n) is 2.63. The SMILES string of the molecule is CN(CC1CCCO1)C(=O)N[C@@H](CO)C(=O)O. The number of urea groups is 1. The molecule has 0 spiro atoms. The highest BCUT2D eigenvalue weighted by Gasteiger charge is 2.23. The molecule has 3 N–H and O–H groups in total. The lowest BCUT2D eigenvalue weighted by Gasteiger charge is -2.22. The fourth-order valence-electron chi connectivity index (χ4n) is 1.62. The average molecular weight is 246 g/mol. The number of carboxylic acid groups (broad SMARTS) is 1. The van der Waals surface area contributed by atoms with E-state index in [1.165, 1.54) is 4.90 Å². The minimum atomic E-state index is -1.27. The molecule has 7 heteroatoms. The van der Waals surface area contributed by atoms with Gasteiger partial charge in [-0.15, -0.1) is 0 Å². The molecule has 1 rings (SSSR count). The Hall–Kier alpha value is -1.34. The van der Waals surface area contributed by atoms with Crippen molar-refractivity contribution in [1.82, 2.24) is 10.2 Å². The molecule has 1 saturated heterocycles. The molecule has 1 aliphatic rings. The summed E-state index contributed by atoms with van der Waals surface area (Å²) in [6, 6.07) is -1.80. The average Bonchev–Trinajstić information content (AvgIpc) is 2.77. The number of likely N-dealkylation sites (N-methyl/N-ethyl adjacent to an activating group) is 1. The van der Waals surface area contributed by atoms with Gasteiger partial charge in [0.1, 0.15) is 0 Å². The third-order valence-corrected chi connectivity index (χ3v) is 2.63. The van der Waals surface area contributed by atoms with Gasteiger partial charge in [-0.2, -0.15) is 0 Å². The Balaban J connectivity index is 2.37. The number of nitrogens with zero attached hydrogens (tertiary/aromatic N) is 1. The summed E-state index contributed by atoms with van der Waals surface area (Å²) in [4.78, 5) is 23.6. The van der Waals surface area contributed by atoms with Gasteiger partial charge >= 0.3 is 12.0 Å². The lowest BCUT2D eigenvalue weighted by atomic mass is 10.2. The molecule has 7 nitrogen and oxygen atoms in total. The van der Waals surface area contributed by atoms with Crippen LogP contribution in [0.15, 0.2) is 0 Å². The van der Waals surface area contributed by atoms with Gasteiger partial charge in [0.15, 0.2) is 6.04 Å². The Morgan fingerprint density at radius 2 is 2.29 bits per heavy atom. The Bertz CT molecular complexity index is 278. The van der Waals surface area contributed by atoms with Crippen LogP contribution in [0.3, 0.4) is 0 Å². The molecule has 0 bridgehead atoms. The van der Waals surface area contributed by atoms with Crippen LogP contribution in [0.1, 0.15) is 12.8 Å². The summed E-state index contributed by atoms with van der Waals surface area (Å²) in [6.07, 6.45) is 1.90. The molecule has 17 heavy (non-hydrogen) atoms. The molecule has 0 aromatic carbocycles. The smallest absolute Gasteiger partial charge is 0.328 e. The van der Waals surface area contributed by atoms with Gasteiger partial charge in [0.25, 0.3) is 0 Å². The predicted octanol–water partition coefficient (Wildman–Crippen LogP) is -0.748. The molecule has 1 fully saturated rings. The van der Waals surface area contributed by atoms with Gasteiger partial charge in [-0.05, 0) is 12.8 Å². The number of hydrogen-bond acceptors (Lipinski definition) is 4. The number of carbonyl (C=O) groups is 2. The number of aliphatic carboxylic acids is 1. The number of aliphatic hydroxyl groups is 1. The molecule has 1 unspecified atom stereocenters. The summed E-state index contributed by atoms with van der Waals surface area (Å²) in [5.74, 6) is -1.26. The number of aliphatic hydroxyl groups excluding tert-OH is 1. The van der Waals surface area contributed by atoms with Crippen molar-refractivity contribution >= 4 is 12.0 Å². The van der Waals surface area contributed by atoms with Crippen molar-refractivity contribution in [1.29, 1.82) is 0 Å². The van der Waals surface area contributed by atoms with Gasteiger partial charge in [-0.25, -0.2) is 9.59 Å². The number of amides is 2. The van der Waals surface area contributed by atoms with Gasteiger partial charge in [-0.3, -0.25) is 0 Å². The molecule has 2 amide bonds. The quantitative estimate of drug-likeness (QED) is 0.593. The van der Waals surface area contributed by atoms with Gasteiger partial charge < -0.3 is 25.2 Å². The number of carbonyl (C=O) groups excluding carboxylic acids is 1. The molecule has 98 valence electrons. The molecule has 1 heterocycles. The molecular weight excluding hydrogens is 228 g/mol. The number of rotatable bonds is 5. The first kappa shape index (κ1) is 13.7. The first-order chi connectivity index (χ1) is 8.04. The van der Waals surface area contributed by atoms with Gasteiger partial charge in [0.2, 0.25) is 0 Å². The summed E-state index contributed by atoms with van der Waals surface area (Å²) in [5.41, 5.74) is 0. The Morgan fingerprint density at radius 1 is 1.59 bits per heavy atom. The summed E-state index contributed by atoms with van der Waals surface area (Å²) in [7, 11) is 1.56. The monoisotopic (exact) mass is 246 g/mol. The van der Waals surface area contributed by atoms with Crippen LogP contribution >= 0.6 is 0 Å². The zero-order valence-corrected chi connectivity index (χ0v) is 9.76. The second-order valence-electron chi connectivity index (χ2n) is 4.04. The number of nitrogens with one attached hydrogen (secondary N) is 1. The molecule has 0 radical (unpaired) electrons. The minimum Gasteiger partial charge on any atom is -0.480 e. The van der Waals surface area contributed by atoms with Crippen LogP contribution in [0.5, 0.6) is 0 Å². The fourth-order valence-corrected chi connectivity index (χ4v) is 1.62. The summed E-state index contributed by atoms with van der Waals surface area (Å²) >= 11 is 0. The van der Waals surface area contributed by atoms with E-state index < -0.39 is 24.6 Å². The number of carboxylic acids is 1. The second kappa shape index (κ2) is 6.41. The fraction of sp³-hybridized carbons (Fsp3) is 0.800. The lowest BCUT2D eigenvalue weighted by Crippen LogP contribution is -2.49. The van der Waals surface area contributed by atoms with Crippen LogP contribution in [0, 0.1) is 0 Å². The molecule has 2 atom stereocenters. The lowest BCUT2D eigenvalue weighted by molar-refractivity contribution is -0.140. The van der Waals surface area contributed by atoms with Crippen LogP contribution in [-0.4, -0.2) is 66.1 Å². The Morgan fingerprint density at radius 3 is 2.76 bits per heavy atom. The van der Waals surface area contributed by atoms with E-state index in [1.807, 2.05) is 0 Å². The van der Waals surface area contributed by atoms with Crippen molar-refractivity contribution < 1.29 is 24.5 Å². The highest BCUT2D eigenvalue weighted by atomic mass is 16.5.